The standard InChI is InChI=1S/C17H15N3O4S2/c1-9(14(21)18-10-3-4-12-13(7-10)24-8-23-12)26-17-19-15-11(5-6-25-15)16(22)20(17)2/h3-7,9H,8H2,1-2H3,(H,18,21)/t9-/m1/s1. The summed E-state index contributed by atoms with van der Waals surface area (Å²) >= 11 is 2.66. The maximum absolute atomic E-state index is 12.5. The number of ether oxygens (including phenoxy) is 2. The van der Waals surface area contributed by atoms with Crippen molar-refractivity contribution in [1.82, 2.24) is 9.55 Å². The summed E-state index contributed by atoms with van der Waals surface area (Å²) in [6.45, 7) is 1.96. The highest BCUT2D eigenvalue weighted by molar-refractivity contribution is 8.00. The number of hydrogen-bond donors (Lipinski definition) is 1. The topological polar surface area (TPSA) is 82.5 Å². The minimum absolute atomic E-state index is 0.109. The maximum Gasteiger partial charge on any atom is 0.262 e. The number of carbonyl (C=O) groups excluding carboxylic acids is 1. The molecule has 134 valence electrons. The van der Waals surface area contributed by atoms with Gasteiger partial charge in [-0.25, -0.2) is 4.98 Å². The number of benzene rings is 1. The van der Waals surface area contributed by atoms with Gasteiger partial charge in [-0.15, -0.1) is 11.3 Å². The fraction of sp³-hybridized carbons (Fsp3) is 0.235. The van der Waals surface area contributed by atoms with E-state index in [1.807, 2.05) is 5.38 Å². The SMILES string of the molecule is C[C@@H](Sc1nc2sccc2c(=O)n1C)C(=O)Nc1ccc2c(c1)OCO2. The summed E-state index contributed by atoms with van der Waals surface area (Å²) in [5.41, 5.74) is 0.518. The van der Waals surface area contributed by atoms with Crippen molar-refractivity contribution >= 4 is 44.9 Å². The van der Waals surface area contributed by atoms with Gasteiger partial charge in [0.1, 0.15) is 4.83 Å². The van der Waals surface area contributed by atoms with Gasteiger partial charge in [0.15, 0.2) is 16.7 Å². The number of carbonyl (C=O) groups is 1. The summed E-state index contributed by atoms with van der Waals surface area (Å²) in [5.74, 6) is 1.08. The third-order valence-electron chi connectivity index (χ3n) is 3.96. The Balaban J connectivity index is 1.51. The number of anilines is 1. The Bertz CT molecular complexity index is 1060. The van der Waals surface area contributed by atoms with Crippen molar-refractivity contribution in [3.8, 4) is 11.5 Å². The number of nitrogens with one attached hydrogen (secondary N) is 1. The van der Waals surface area contributed by atoms with Gasteiger partial charge < -0.3 is 14.8 Å². The Morgan fingerprint density at radius 2 is 2.15 bits per heavy atom. The van der Waals surface area contributed by atoms with E-state index < -0.39 is 5.25 Å². The molecule has 0 saturated heterocycles. The lowest BCUT2D eigenvalue weighted by Crippen LogP contribution is -2.25. The van der Waals surface area contributed by atoms with Crippen LogP contribution in [0.2, 0.25) is 0 Å². The molecule has 1 atom stereocenters. The molecule has 7 nitrogen and oxygen atoms in total. The van der Waals surface area contributed by atoms with Crippen LogP contribution in [0.4, 0.5) is 5.69 Å². The maximum atomic E-state index is 12.5. The van der Waals surface area contributed by atoms with Crippen molar-refractivity contribution in [2.45, 2.75) is 17.3 Å². The first-order valence-corrected chi connectivity index (χ1v) is 9.60. The van der Waals surface area contributed by atoms with E-state index in [4.69, 9.17) is 9.47 Å². The zero-order valence-corrected chi connectivity index (χ0v) is 15.6. The highest BCUT2D eigenvalue weighted by atomic mass is 32.2. The van der Waals surface area contributed by atoms with Crippen LogP contribution in [-0.4, -0.2) is 27.5 Å². The number of fused-ring (bicyclic) bond motifs is 2. The molecule has 0 fully saturated rings. The summed E-state index contributed by atoms with van der Waals surface area (Å²) in [6.07, 6.45) is 0. The van der Waals surface area contributed by atoms with E-state index in [9.17, 15) is 9.59 Å². The van der Waals surface area contributed by atoms with Crippen LogP contribution in [0.25, 0.3) is 10.2 Å². The van der Waals surface area contributed by atoms with E-state index in [1.165, 1.54) is 27.7 Å². The van der Waals surface area contributed by atoms with E-state index in [2.05, 4.69) is 10.3 Å². The smallest absolute Gasteiger partial charge is 0.262 e. The molecule has 26 heavy (non-hydrogen) atoms. The number of nitrogens with zero attached hydrogens (tertiary/aromatic N) is 2. The monoisotopic (exact) mass is 389 g/mol. The fourth-order valence-electron chi connectivity index (χ4n) is 2.52. The first-order chi connectivity index (χ1) is 12.5. The lowest BCUT2D eigenvalue weighted by atomic mass is 10.2. The summed E-state index contributed by atoms with van der Waals surface area (Å²) < 4.78 is 12.0. The second kappa shape index (κ2) is 6.65. The van der Waals surface area contributed by atoms with Crippen molar-refractivity contribution < 1.29 is 14.3 Å². The van der Waals surface area contributed by atoms with E-state index >= 15 is 0 Å². The van der Waals surface area contributed by atoms with Gasteiger partial charge in [0.25, 0.3) is 5.56 Å². The second-order valence-electron chi connectivity index (χ2n) is 5.72. The normalized spacial score (nSPS) is 13.8. The van der Waals surface area contributed by atoms with Gasteiger partial charge in [-0.05, 0) is 30.5 Å². The molecule has 1 N–H and O–H groups in total. The molecule has 1 aliphatic rings. The molecule has 0 radical (unpaired) electrons. The third-order valence-corrected chi connectivity index (χ3v) is 5.91. The Kier molecular flexibility index (Phi) is 4.33. The summed E-state index contributed by atoms with van der Waals surface area (Å²) in [5, 5.41) is 5.36. The van der Waals surface area contributed by atoms with Gasteiger partial charge in [-0.2, -0.15) is 0 Å². The molecule has 2 aromatic heterocycles. The van der Waals surface area contributed by atoms with Crippen molar-refractivity contribution in [2.75, 3.05) is 12.1 Å². The molecule has 3 heterocycles. The summed E-state index contributed by atoms with van der Waals surface area (Å²) in [4.78, 5) is 30.0. The number of thiophene rings is 1. The molecule has 1 amide bonds. The predicted molar refractivity (Wildman–Crippen MR) is 101 cm³/mol. The second-order valence-corrected chi connectivity index (χ2v) is 7.92. The van der Waals surface area contributed by atoms with Crippen LogP contribution >= 0.6 is 23.1 Å². The van der Waals surface area contributed by atoms with Crippen LogP contribution in [0.15, 0.2) is 39.6 Å². The zero-order chi connectivity index (χ0) is 18.3. The van der Waals surface area contributed by atoms with Crippen molar-refractivity contribution in [3.05, 3.63) is 40.0 Å². The third kappa shape index (κ3) is 3.04. The van der Waals surface area contributed by atoms with Gasteiger partial charge in [0, 0.05) is 18.8 Å². The number of hydrogen-bond acceptors (Lipinski definition) is 7. The molecule has 1 aliphatic heterocycles. The predicted octanol–water partition coefficient (Wildman–Crippen LogP) is 2.84. The van der Waals surface area contributed by atoms with Crippen LogP contribution in [0.3, 0.4) is 0 Å². The molecule has 0 saturated carbocycles. The lowest BCUT2D eigenvalue weighted by molar-refractivity contribution is -0.115. The van der Waals surface area contributed by atoms with Gasteiger partial charge in [-0.3, -0.25) is 14.2 Å². The summed E-state index contributed by atoms with van der Waals surface area (Å²) in [6, 6.07) is 7.00. The average molecular weight is 389 g/mol. The molecule has 0 bridgehead atoms. The summed E-state index contributed by atoms with van der Waals surface area (Å²) in [7, 11) is 1.66. The van der Waals surface area contributed by atoms with E-state index in [0.29, 0.717) is 32.6 Å². The molecular formula is C17H15N3O4S2. The van der Waals surface area contributed by atoms with Gasteiger partial charge in [-0.1, -0.05) is 11.8 Å². The van der Waals surface area contributed by atoms with E-state index in [0.717, 1.165) is 0 Å². The number of amides is 1. The van der Waals surface area contributed by atoms with E-state index in [-0.39, 0.29) is 18.3 Å². The minimum atomic E-state index is -0.434. The highest BCUT2D eigenvalue weighted by Crippen LogP contribution is 2.34. The Labute approximate surface area is 157 Å². The van der Waals surface area contributed by atoms with Crippen molar-refractivity contribution in [1.29, 1.82) is 0 Å². The lowest BCUT2D eigenvalue weighted by Gasteiger charge is -2.13. The molecular weight excluding hydrogens is 374 g/mol. The molecule has 9 heteroatoms. The van der Waals surface area contributed by atoms with Crippen molar-refractivity contribution in [2.24, 2.45) is 7.05 Å². The first kappa shape index (κ1) is 16.9. The number of rotatable bonds is 4. The minimum Gasteiger partial charge on any atom is -0.454 e. The van der Waals surface area contributed by atoms with Gasteiger partial charge in [0.05, 0.1) is 10.6 Å². The molecule has 3 aromatic rings. The molecule has 4 rings (SSSR count). The van der Waals surface area contributed by atoms with Crippen molar-refractivity contribution in [3.63, 3.8) is 0 Å². The molecule has 1 aromatic carbocycles. The van der Waals surface area contributed by atoms with Crippen LogP contribution in [0.1, 0.15) is 6.92 Å². The van der Waals surface area contributed by atoms with Crippen LogP contribution in [0.5, 0.6) is 11.5 Å². The number of aromatic nitrogens is 2. The van der Waals surface area contributed by atoms with Gasteiger partial charge in [0.2, 0.25) is 12.7 Å². The van der Waals surface area contributed by atoms with Crippen LogP contribution < -0.4 is 20.3 Å². The van der Waals surface area contributed by atoms with Crippen LogP contribution in [0, 0.1) is 0 Å². The molecule has 0 spiro atoms. The molecule has 0 unspecified atom stereocenters. The van der Waals surface area contributed by atoms with Crippen LogP contribution in [-0.2, 0) is 11.8 Å². The first-order valence-electron chi connectivity index (χ1n) is 7.84. The van der Waals surface area contributed by atoms with Gasteiger partial charge >= 0.3 is 0 Å². The Morgan fingerprint density at radius 3 is 3.00 bits per heavy atom. The highest BCUT2D eigenvalue weighted by Gasteiger charge is 2.20. The largest absolute Gasteiger partial charge is 0.454 e. The quantitative estimate of drug-likeness (QED) is 0.546. The zero-order valence-electron chi connectivity index (χ0n) is 14.0. The van der Waals surface area contributed by atoms with E-state index in [1.54, 1.807) is 38.2 Å². The molecule has 0 aliphatic carbocycles. The fourth-order valence-corrected chi connectivity index (χ4v) is 4.19. The Morgan fingerprint density at radius 1 is 1.35 bits per heavy atom. The number of thioether (sulfide) groups is 1. The Hall–Kier alpha value is -2.52. The average Bonchev–Trinajstić information content (AvgIpc) is 3.27.